The second-order valence-electron chi connectivity index (χ2n) is 6.00. The molecule has 0 N–H and O–H groups in total. The average Bonchev–Trinajstić information content (AvgIpc) is 2.54. The second-order valence-corrected chi connectivity index (χ2v) is 6.00. The molecule has 1 aromatic rings. The molecule has 6 heteroatoms. The van der Waals surface area contributed by atoms with E-state index in [-0.39, 0.29) is 11.1 Å². The first-order chi connectivity index (χ1) is 9.14. The Morgan fingerprint density at radius 1 is 1.30 bits per heavy atom. The Labute approximate surface area is 118 Å². The predicted molar refractivity (Wildman–Crippen MR) is 76.9 cm³/mol. The summed E-state index contributed by atoms with van der Waals surface area (Å²) in [6, 6.07) is 3.25. The molecule has 0 amide bonds. The number of hydrogen-bond donors (Lipinski definition) is 0. The van der Waals surface area contributed by atoms with Gasteiger partial charge in [-0.15, -0.1) is 0 Å². The highest BCUT2D eigenvalue weighted by atomic mass is 19.1. The van der Waals surface area contributed by atoms with Crippen LogP contribution in [0.2, 0.25) is 0 Å². The zero-order valence-electron chi connectivity index (χ0n) is 12.4. The Hall–Kier alpha value is -1.40. The van der Waals surface area contributed by atoms with E-state index >= 15 is 0 Å². The molecule has 4 nitrogen and oxygen atoms in total. The Morgan fingerprint density at radius 3 is 2.40 bits per heavy atom. The van der Waals surface area contributed by atoms with Gasteiger partial charge in [0.1, 0.15) is 5.73 Å². The highest BCUT2D eigenvalue weighted by molar-refractivity contribution is 6.54. The summed E-state index contributed by atoms with van der Waals surface area (Å²) in [5.41, 5.74) is -1.82. The van der Waals surface area contributed by atoms with E-state index in [0.717, 1.165) is 0 Å². The van der Waals surface area contributed by atoms with E-state index in [4.69, 9.17) is 9.31 Å². The van der Waals surface area contributed by atoms with Crippen LogP contribution in [0.4, 0.5) is 4.39 Å². The molecular weight excluding hydrogens is 260 g/mol. The molecule has 0 atom stereocenters. The summed E-state index contributed by atoms with van der Waals surface area (Å²) in [5.74, 6) is 0. The number of hydrogen-bond acceptors (Lipinski definition) is 3. The fourth-order valence-corrected chi connectivity index (χ4v) is 1.90. The van der Waals surface area contributed by atoms with Crippen LogP contribution in [-0.4, -0.2) is 22.9 Å². The molecule has 1 aliphatic rings. The lowest BCUT2D eigenvalue weighted by molar-refractivity contribution is 0.00578. The van der Waals surface area contributed by atoms with Gasteiger partial charge in [0.2, 0.25) is 0 Å². The minimum absolute atomic E-state index is 0.265. The van der Waals surface area contributed by atoms with Gasteiger partial charge in [-0.1, -0.05) is 0 Å². The van der Waals surface area contributed by atoms with Crippen LogP contribution < -0.4 is 5.56 Å². The van der Waals surface area contributed by atoms with Crippen LogP contribution in [0, 0.1) is 0 Å². The van der Waals surface area contributed by atoms with E-state index in [1.165, 1.54) is 10.6 Å². The minimum Gasteiger partial charge on any atom is -0.398 e. The third kappa shape index (κ3) is 2.58. The van der Waals surface area contributed by atoms with E-state index in [1.807, 2.05) is 27.7 Å². The molecule has 0 saturated carbocycles. The lowest BCUT2D eigenvalue weighted by Crippen LogP contribution is -2.41. The fourth-order valence-electron chi connectivity index (χ4n) is 1.90. The highest BCUT2D eigenvalue weighted by Crippen LogP contribution is 2.38. The van der Waals surface area contributed by atoms with E-state index in [1.54, 1.807) is 25.4 Å². The first-order valence-corrected chi connectivity index (χ1v) is 6.52. The molecule has 0 spiro atoms. The Balaban J connectivity index is 2.29. The lowest BCUT2D eigenvalue weighted by Gasteiger charge is -2.32. The zero-order chi connectivity index (χ0) is 15.1. The van der Waals surface area contributed by atoms with Crippen molar-refractivity contribution in [1.82, 2.24) is 4.57 Å². The largest absolute Gasteiger partial charge is 0.525 e. The Bertz CT molecular complexity index is 591. The molecule has 1 fully saturated rings. The maximum Gasteiger partial charge on any atom is 0.525 e. The molecule has 2 rings (SSSR count). The molecular formula is C14H19BFNO3. The van der Waals surface area contributed by atoms with Gasteiger partial charge in [-0.25, -0.2) is 4.39 Å². The minimum atomic E-state index is -1.08. The van der Waals surface area contributed by atoms with Gasteiger partial charge in [0.25, 0.3) is 5.56 Å². The van der Waals surface area contributed by atoms with Crippen molar-refractivity contribution in [2.75, 3.05) is 0 Å². The first-order valence-electron chi connectivity index (χ1n) is 6.52. The third-order valence-corrected chi connectivity index (χ3v) is 3.92. The summed E-state index contributed by atoms with van der Waals surface area (Å²) in [4.78, 5) is 11.8. The van der Waals surface area contributed by atoms with Crippen LogP contribution in [0.1, 0.15) is 33.3 Å². The van der Waals surface area contributed by atoms with Crippen LogP contribution in [0.25, 0.3) is 6.08 Å². The van der Waals surface area contributed by atoms with Crippen LogP contribution in [0.5, 0.6) is 0 Å². The average molecular weight is 279 g/mol. The topological polar surface area (TPSA) is 40.5 Å². The maximum atomic E-state index is 14.3. The lowest BCUT2D eigenvalue weighted by atomic mass is 9.87. The van der Waals surface area contributed by atoms with Crippen LogP contribution in [0.15, 0.2) is 28.9 Å². The van der Waals surface area contributed by atoms with Gasteiger partial charge in [0, 0.05) is 18.8 Å². The van der Waals surface area contributed by atoms with Crippen molar-refractivity contribution in [1.29, 1.82) is 0 Å². The summed E-state index contributed by atoms with van der Waals surface area (Å²) in [6.07, 6.45) is 2.79. The van der Waals surface area contributed by atoms with Crippen molar-refractivity contribution >= 4 is 13.2 Å². The molecule has 0 aromatic carbocycles. The highest BCUT2D eigenvalue weighted by Gasteiger charge is 2.53. The van der Waals surface area contributed by atoms with E-state index in [9.17, 15) is 9.18 Å². The van der Waals surface area contributed by atoms with E-state index in [0.29, 0.717) is 0 Å². The molecule has 0 unspecified atom stereocenters. The summed E-state index contributed by atoms with van der Waals surface area (Å²) < 4.78 is 26.8. The molecule has 2 heterocycles. The van der Waals surface area contributed by atoms with Crippen molar-refractivity contribution in [2.45, 2.75) is 38.9 Å². The second kappa shape index (κ2) is 4.86. The SMILES string of the molecule is Cn1cccc(C=C(F)B2OC(C)(C)C(C)(C)O2)c1=O. The predicted octanol–water partition coefficient (Wildman–Crippen LogP) is 2.33. The van der Waals surface area contributed by atoms with Crippen LogP contribution in [0.3, 0.4) is 0 Å². The quantitative estimate of drug-likeness (QED) is 0.780. The summed E-state index contributed by atoms with van der Waals surface area (Å²) >= 11 is 0. The standard InChI is InChI=1S/C14H19BFNO3/c1-13(2)14(3,4)20-15(19-13)11(16)9-10-7-6-8-17(5)12(10)18/h6-9H,1-5H3. The maximum absolute atomic E-state index is 14.3. The third-order valence-electron chi connectivity index (χ3n) is 3.92. The van der Waals surface area contributed by atoms with Crippen LogP contribution >= 0.6 is 0 Å². The number of aromatic nitrogens is 1. The summed E-state index contributed by atoms with van der Waals surface area (Å²) in [5, 5.41) is 0. The number of nitrogens with zero attached hydrogens (tertiary/aromatic N) is 1. The van der Waals surface area contributed by atoms with Gasteiger partial charge in [0.15, 0.2) is 0 Å². The van der Waals surface area contributed by atoms with Gasteiger partial charge < -0.3 is 13.9 Å². The van der Waals surface area contributed by atoms with Crippen molar-refractivity contribution < 1.29 is 13.7 Å². The summed E-state index contributed by atoms with van der Waals surface area (Å²) in [7, 11) is 0.539. The van der Waals surface area contributed by atoms with Gasteiger partial charge in [-0.2, -0.15) is 0 Å². The number of halogens is 1. The van der Waals surface area contributed by atoms with Crippen molar-refractivity contribution in [3.8, 4) is 0 Å². The zero-order valence-corrected chi connectivity index (χ0v) is 12.4. The van der Waals surface area contributed by atoms with Gasteiger partial charge >= 0.3 is 7.12 Å². The molecule has 108 valence electrons. The molecule has 1 aromatic heterocycles. The molecule has 20 heavy (non-hydrogen) atoms. The van der Waals surface area contributed by atoms with Gasteiger partial charge in [-0.05, 0) is 45.9 Å². The Morgan fingerprint density at radius 2 is 1.85 bits per heavy atom. The number of rotatable bonds is 2. The van der Waals surface area contributed by atoms with Gasteiger partial charge in [-0.3, -0.25) is 4.79 Å². The number of aryl methyl sites for hydroxylation is 1. The van der Waals surface area contributed by atoms with Gasteiger partial charge in [0.05, 0.1) is 11.2 Å². The van der Waals surface area contributed by atoms with E-state index in [2.05, 4.69) is 0 Å². The molecule has 0 aliphatic carbocycles. The fraction of sp³-hybridized carbons (Fsp3) is 0.500. The number of pyridine rings is 1. The van der Waals surface area contributed by atoms with Crippen molar-refractivity contribution in [2.24, 2.45) is 7.05 Å². The van der Waals surface area contributed by atoms with Crippen LogP contribution in [-0.2, 0) is 16.4 Å². The van der Waals surface area contributed by atoms with Crippen molar-refractivity contribution in [3.05, 3.63) is 40.0 Å². The molecule has 1 saturated heterocycles. The summed E-state index contributed by atoms with van der Waals surface area (Å²) in [6.45, 7) is 7.40. The smallest absolute Gasteiger partial charge is 0.398 e. The van der Waals surface area contributed by atoms with Crippen molar-refractivity contribution in [3.63, 3.8) is 0 Å². The molecule has 1 aliphatic heterocycles. The normalized spacial score (nSPS) is 21.3. The van der Waals surface area contributed by atoms with E-state index < -0.39 is 24.0 Å². The first kappa shape index (κ1) is 15.0. The molecule has 0 radical (unpaired) electrons. The monoisotopic (exact) mass is 279 g/mol. The Kier molecular flexibility index (Phi) is 3.65. The molecule has 0 bridgehead atoms.